The Bertz CT molecular complexity index is 756. The van der Waals surface area contributed by atoms with Gasteiger partial charge in [0, 0.05) is 18.7 Å². The van der Waals surface area contributed by atoms with Crippen molar-refractivity contribution in [2.75, 3.05) is 31.3 Å². The van der Waals surface area contributed by atoms with Crippen LogP contribution >= 0.6 is 0 Å². The van der Waals surface area contributed by atoms with Gasteiger partial charge in [-0.15, -0.1) is 0 Å². The molecule has 6 nitrogen and oxygen atoms in total. The number of carbonyl (C=O) groups excluding carboxylic acids is 1. The molecule has 1 unspecified atom stereocenters. The summed E-state index contributed by atoms with van der Waals surface area (Å²) in [7, 11) is -3.01. The van der Waals surface area contributed by atoms with Crippen LogP contribution in [0.25, 0.3) is 6.08 Å². The van der Waals surface area contributed by atoms with E-state index in [1.807, 2.05) is 25.1 Å². The Hall–Kier alpha value is -2.02. The fraction of sp³-hybridized carbons (Fsp3) is 0.471. The molecule has 7 heteroatoms. The fourth-order valence-electron chi connectivity index (χ4n) is 3.04. The van der Waals surface area contributed by atoms with Gasteiger partial charge in [-0.05, 0) is 37.1 Å². The van der Waals surface area contributed by atoms with Gasteiger partial charge in [-0.1, -0.05) is 6.07 Å². The average Bonchev–Trinajstić information content (AvgIpc) is 2.93. The van der Waals surface area contributed by atoms with Crippen molar-refractivity contribution in [1.82, 2.24) is 4.90 Å². The molecule has 0 spiro atoms. The summed E-state index contributed by atoms with van der Waals surface area (Å²) in [5.74, 6) is 1.42. The first-order valence-corrected chi connectivity index (χ1v) is 9.89. The number of rotatable bonds is 4. The average molecular weight is 351 g/mol. The molecule has 130 valence electrons. The van der Waals surface area contributed by atoms with Gasteiger partial charge in [0.25, 0.3) is 0 Å². The minimum atomic E-state index is -3.01. The third-order valence-corrected chi connectivity index (χ3v) is 6.01. The maximum absolute atomic E-state index is 12.4. The van der Waals surface area contributed by atoms with Crippen molar-refractivity contribution in [1.29, 1.82) is 0 Å². The first kappa shape index (κ1) is 16.8. The molecule has 1 amide bonds. The summed E-state index contributed by atoms with van der Waals surface area (Å²) < 4.78 is 34.2. The summed E-state index contributed by atoms with van der Waals surface area (Å²) >= 11 is 0. The number of nitrogens with zero attached hydrogens (tertiary/aromatic N) is 1. The highest BCUT2D eigenvalue weighted by atomic mass is 32.2. The van der Waals surface area contributed by atoms with Gasteiger partial charge in [-0.25, -0.2) is 8.42 Å². The van der Waals surface area contributed by atoms with Crippen LogP contribution in [0.15, 0.2) is 24.3 Å². The number of sulfone groups is 1. The van der Waals surface area contributed by atoms with Gasteiger partial charge in [0.15, 0.2) is 21.3 Å². The van der Waals surface area contributed by atoms with Crippen LogP contribution in [0.3, 0.4) is 0 Å². The molecule has 0 saturated carbocycles. The summed E-state index contributed by atoms with van der Waals surface area (Å²) in [6.07, 6.45) is 3.71. The maximum atomic E-state index is 12.4. The van der Waals surface area contributed by atoms with Crippen LogP contribution in [-0.4, -0.2) is 56.5 Å². The zero-order valence-corrected chi connectivity index (χ0v) is 14.4. The summed E-state index contributed by atoms with van der Waals surface area (Å²) in [6, 6.07) is 5.28. The van der Waals surface area contributed by atoms with E-state index in [2.05, 4.69) is 0 Å². The van der Waals surface area contributed by atoms with Crippen molar-refractivity contribution in [3.63, 3.8) is 0 Å². The van der Waals surface area contributed by atoms with E-state index in [1.54, 1.807) is 11.0 Å². The second-order valence-electron chi connectivity index (χ2n) is 5.92. The van der Waals surface area contributed by atoms with E-state index < -0.39 is 9.84 Å². The third-order valence-electron chi connectivity index (χ3n) is 4.26. The summed E-state index contributed by atoms with van der Waals surface area (Å²) in [5, 5.41) is 0. The molecule has 1 aromatic rings. The lowest BCUT2D eigenvalue weighted by Gasteiger charge is -2.25. The molecule has 24 heavy (non-hydrogen) atoms. The molecule has 0 radical (unpaired) electrons. The highest BCUT2D eigenvalue weighted by Crippen LogP contribution is 2.31. The molecule has 0 aliphatic carbocycles. The van der Waals surface area contributed by atoms with E-state index in [9.17, 15) is 13.2 Å². The molecule has 1 atom stereocenters. The minimum absolute atomic E-state index is 0.0600. The molecule has 0 N–H and O–H groups in total. The van der Waals surface area contributed by atoms with E-state index in [0.717, 1.165) is 5.56 Å². The Morgan fingerprint density at radius 2 is 2.04 bits per heavy atom. The first-order valence-electron chi connectivity index (χ1n) is 8.07. The maximum Gasteiger partial charge on any atom is 0.246 e. The highest BCUT2D eigenvalue weighted by Gasteiger charge is 2.33. The van der Waals surface area contributed by atoms with E-state index >= 15 is 0 Å². The van der Waals surface area contributed by atoms with Gasteiger partial charge in [-0.2, -0.15) is 0 Å². The lowest BCUT2D eigenvalue weighted by molar-refractivity contribution is -0.127. The van der Waals surface area contributed by atoms with Crippen molar-refractivity contribution < 1.29 is 22.7 Å². The van der Waals surface area contributed by atoms with E-state index in [0.29, 0.717) is 37.7 Å². The Kier molecular flexibility index (Phi) is 4.80. The predicted octanol–water partition coefficient (Wildman–Crippen LogP) is 1.51. The van der Waals surface area contributed by atoms with Gasteiger partial charge in [-0.3, -0.25) is 4.79 Å². The predicted molar refractivity (Wildman–Crippen MR) is 90.9 cm³/mol. The molecule has 0 aromatic heterocycles. The quantitative estimate of drug-likeness (QED) is 0.769. The van der Waals surface area contributed by atoms with Crippen molar-refractivity contribution in [2.45, 2.75) is 19.4 Å². The van der Waals surface area contributed by atoms with Crippen LogP contribution < -0.4 is 9.47 Å². The molecule has 2 aliphatic heterocycles. The molecule has 1 fully saturated rings. The van der Waals surface area contributed by atoms with Crippen molar-refractivity contribution >= 4 is 21.8 Å². The van der Waals surface area contributed by atoms with Gasteiger partial charge in [0.05, 0.1) is 11.5 Å². The van der Waals surface area contributed by atoms with Gasteiger partial charge in [0.2, 0.25) is 5.91 Å². The second kappa shape index (κ2) is 6.84. The molecule has 3 rings (SSSR count). The standard InChI is InChI=1S/C17H21NO5S/c1-2-18(14-7-10-24(20,21)12-14)17(19)6-4-13-3-5-15-16(11-13)23-9-8-22-15/h3-6,11,14H,2,7-10,12H2,1H3. The number of carbonyl (C=O) groups is 1. The number of fused-ring (bicyclic) bond motifs is 1. The number of hydrogen-bond acceptors (Lipinski definition) is 5. The summed E-state index contributed by atoms with van der Waals surface area (Å²) in [4.78, 5) is 14.0. The Labute approximate surface area is 142 Å². The van der Waals surface area contributed by atoms with Crippen LogP contribution in [0.5, 0.6) is 11.5 Å². The normalized spacial score (nSPS) is 21.8. The van der Waals surface area contributed by atoms with Crippen molar-refractivity contribution in [3.8, 4) is 11.5 Å². The second-order valence-corrected chi connectivity index (χ2v) is 8.15. The topological polar surface area (TPSA) is 72.9 Å². The van der Waals surface area contributed by atoms with Crippen LogP contribution in [0.2, 0.25) is 0 Å². The minimum Gasteiger partial charge on any atom is -0.486 e. The lowest BCUT2D eigenvalue weighted by Crippen LogP contribution is -2.40. The zero-order valence-electron chi connectivity index (χ0n) is 13.6. The Morgan fingerprint density at radius 3 is 2.71 bits per heavy atom. The highest BCUT2D eigenvalue weighted by molar-refractivity contribution is 7.91. The number of hydrogen-bond donors (Lipinski definition) is 0. The number of amides is 1. The number of ether oxygens (including phenoxy) is 2. The van der Waals surface area contributed by atoms with Crippen LogP contribution in [-0.2, 0) is 14.6 Å². The summed E-state index contributed by atoms with van der Waals surface area (Å²) in [5.41, 5.74) is 0.836. The van der Waals surface area contributed by atoms with Crippen LogP contribution in [0.1, 0.15) is 18.9 Å². The van der Waals surface area contributed by atoms with Gasteiger partial charge >= 0.3 is 0 Å². The Balaban J connectivity index is 1.70. The number of likely N-dealkylation sites (N-methyl/N-ethyl adjacent to an activating group) is 1. The molecular formula is C17H21NO5S. The van der Waals surface area contributed by atoms with Crippen LogP contribution in [0.4, 0.5) is 0 Å². The molecule has 0 bridgehead atoms. The molecule has 2 heterocycles. The van der Waals surface area contributed by atoms with E-state index in [1.165, 1.54) is 6.08 Å². The Morgan fingerprint density at radius 1 is 1.29 bits per heavy atom. The van der Waals surface area contributed by atoms with Gasteiger partial charge < -0.3 is 14.4 Å². The number of benzene rings is 1. The zero-order chi connectivity index (χ0) is 17.2. The largest absolute Gasteiger partial charge is 0.486 e. The monoisotopic (exact) mass is 351 g/mol. The van der Waals surface area contributed by atoms with E-state index in [-0.39, 0.29) is 23.5 Å². The molecule has 1 saturated heterocycles. The lowest BCUT2D eigenvalue weighted by atomic mass is 10.1. The smallest absolute Gasteiger partial charge is 0.246 e. The van der Waals surface area contributed by atoms with E-state index in [4.69, 9.17) is 9.47 Å². The molecule has 1 aromatic carbocycles. The molecule has 2 aliphatic rings. The first-order chi connectivity index (χ1) is 11.5. The fourth-order valence-corrected chi connectivity index (χ4v) is 4.77. The van der Waals surface area contributed by atoms with Gasteiger partial charge in [0.1, 0.15) is 13.2 Å². The summed E-state index contributed by atoms with van der Waals surface area (Å²) in [6.45, 7) is 3.40. The van der Waals surface area contributed by atoms with Crippen molar-refractivity contribution in [2.24, 2.45) is 0 Å². The van der Waals surface area contributed by atoms with Crippen molar-refractivity contribution in [3.05, 3.63) is 29.8 Å². The van der Waals surface area contributed by atoms with Crippen LogP contribution in [0, 0.1) is 0 Å². The third kappa shape index (κ3) is 3.72. The SMILES string of the molecule is CCN(C(=O)C=Cc1ccc2c(c1)OCCO2)C1CCS(=O)(=O)C1. The molecular weight excluding hydrogens is 330 g/mol.